The molecule has 0 saturated carbocycles. The summed E-state index contributed by atoms with van der Waals surface area (Å²) in [5, 5.41) is 9.76. The number of carbonyl (C=O) groups excluding carboxylic acids is 1. The van der Waals surface area contributed by atoms with Gasteiger partial charge in [0, 0.05) is 19.0 Å². The Morgan fingerprint density at radius 3 is 2.33 bits per heavy atom. The molecule has 1 saturated heterocycles. The molecule has 0 radical (unpaired) electrons. The molecular weight excluding hydrogens is 346 g/mol. The molecule has 1 aliphatic rings. The lowest BCUT2D eigenvalue weighted by atomic mass is 10.0. The minimum atomic E-state index is 0.0934. The number of phenolic OH excluding ortho intramolecular Hbond substituents is 1. The van der Waals surface area contributed by atoms with Crippen LogP contribution in [0.25, 0.3) is 0 Å². The maximum Gasteiger partial charge on any atom is 0.223 e. The molecular formula is C21H25NO5. The van der Waals surface area contributed by atoms with Crippen LogP contribution in [-0.2, 0) is 17.8 Å². The second kappa shape index (κ2) is 8.20. The summed E-state index contributed by atoms with van der Waals surface area (Å²) >= 11 is 0. The number of methoxy groups -OCH3 is 3. The Hall–Kier alpha value is -2.89. The highest BCUT2D eigenvalue weighted by molar-refractivity contribution is 5.78. The standard InChI is InChI=1S/C21H25NO5/c1-25-18-8-5-14(11-20(18)27-3)10-16-6-9-21(24)22(16)13-15-4-7-17(23)19(12-15)26-2/h4-5,7-8,11-12,16,23H,6,9-10,13H2,1-3H3/t16-/m0/s1. The summed E-state index contributed by atoms with van der Waals surface area (Å²) in [6.07, 6.45) is 2.12. The fourth-order valence-electron chi connectivity index (χ4n) is 3.52. The quantitative estimate of drug-likeness (QED) is 0.810. The van der Waals surface area contributed by atoms with Crippen LogP contribution in [0.4, 0.5) is 0 Å². The summed E-state index contributed by atoms with van der Waals surface area (Å²) in [6.45, 7) is 0.493. The molecule has 0 unspecified atom stereocenters. The highest BCUT2D eigenvalue weighted by atomic mass is 16.5. The number of nitrogens with zero attached hydrogens (tertiary/aromatic N) is 1. The topological polar surface area (TPSA) is 68.2 Å². The van der Waals surface area contributed by atoms with Crippen LogP contribution in [-0.4, -0.2) is 43.3 Å². The van der Waals surface area contributed by atoms with Crippen molar-refractivity contribution in [2.24, 2.45) is 0 Å². The van der Waals surface area contributed by atoms with Crippen LogP contribution in [0.15, 0.2) is 36.4 Å². The fourth-order valence-corrected chi connectivity index (χ4v) is 3.52. The Bertz CT molecular complexity index is 820. The van der Waals surface area contributed by atoms with E-state index in [-0.39, 0.29) is 17.7 Å². The minimum Gasteiger partial charge on any atom is -0.504 e. The molecule has 1 amide bonds. The molecule has 2 aromatic carbocycles. The third-order valence-electron chi connectivity index (χ3n) is 4.97. The Labute approximate surface area is 159 Å². The van der Waals surface area contributed by atoms with Gasteiger partial charge in [0.1, 0.15) is 0 Å². The van der Waals surface area contributed by atoms with E-state index in [2.05, 4.69) is 0 Å². The van der Waals surface area contributed by atoms with Crippen LogP contribution in [0.2, 0.25) is 0 Å². The molecule has 1 N–H and O–H groups in total. The van der Waals surface area contributed by atoms with Crippen molar-refractivity contribution < 1.29 is 24.1 Å². The molecule has 27 heavy (non-hydrogen) atoms. The van der Waals surface area contributed by atoms with E-state index < -0.39 is 0 Å². The van der Waals surface area contributed by atoms with Gasteiger partial charge in [-0.15, -0.1) is 0 Å². The summed E-state index contributed by atoms with van der Waals surface area (Å²) in [4.78, 5) is 14.3. The van der Waals surface area contributed by atoms with E-state index in [1.54, 1.807) is 26.4 Å². The van der Waals surface area contributed by atoms with Gasteiger partial charge in [0.15, 0.2) is 23.0 Å². The van der Waals surface area contributed by atoms with Gasteiger partial charge in [-0.25, -0.2) is 0 Å². The Morgan fingerprint density at radius 1 is 0.963 bits per heavy atom. The lowest BCUT2D eigenvalue weighted by Gasteiger charge is -2.25. The van der Waals surface area contributed by atoms with Gasteiger partial charge in [-0.2, -0.15) is 0 Å². The van der Waals surface area contributed by atoms with Gasteiger partial charge in [0.2, 0.25) is 5.91 Å². The molecule has 1 heterocycles. The average molecular weight is 371 g/mol. The minimum absolute atomic E-state index is 0.0934. The number of phenols is 1. The SMILES string of the molecule is COc1cc(CN2C(=O)CC[C@H]2Cc2ccc(OC)c(OC)c2)ccc1O. The molecule has 3 rings (SSSR count). The van der Waals surface area contributed by atoms with Crippen molar-refractivity contribution in [2.75, 3.05) is 21.3 Å². The number of ether oxygens (including phenoxy) is 3. The van der Waals surface area contributed by atoms with Gasteiger partial charge in [-0.05, 0) is 48.2 Å². The first kappa shape index (κ1) is 18.9. The van der Waals surface area contributed by atoms with E-state index in [1.807, 2.05) is 29.2 Å². The molecule has 0 spiro atoms. The van der Waals surface area contributed by atoms with Gasteiger partial charge >= 0.3 is 0 Å². The zero-order chi connectivity index (χ0) is 19.4. The van der Waals surface area contributed by atoms with E-state index in [0.717, 1.165) is 24.0 Å². The predicted molar refractivity (Wildman–Crippen MR) is 101 cm³/mol. The van der Waals surface area contributed by atoms with Gasteiger partial charge in [-0.1, -0.05) is 12.1 Å². The van der Waals surface area contributed by atoms with Crippen LogP contribution < -0.4 is 14.2 Å². The Morgan fingerprint density at radius 2 is 1.63 bits per heavy atom. The summed E-state index contributed by atoms with van der Waals surface area (Å²) < 4.78 is 15.8. The number of hydrogen-bond donors (Lipinski definition) is 1. The number of amides is 1. The first-order valence-corrected chi connectivity index (χ1v) is 8.92. The lowest BCUT2D eigenvalue weighted by molar-refractivity contribution is -0.129. The van der Waals surface area contributed by atoms with Crippen molar-refractivity contribution in [1.29, 1.82) is 0 Å². The van der Waals surface area contributed by atoms with Crippen LogP contribution in [0, 0.1) is 0 Å². The number of aromatic hydroxyl groups is 1. The van der Waals surface area contributed by atoms with Crippen molar-refractivity contribution in [1.82, 2.24) is 4.90 Å². The maximum atomic E-state index is 12.4. The van der Waals surface area contributed by atoms with Gasteiger partial charge in [0.05, 0.1) is 21.3 Å². The zero-order valence-electron chi connectivity index (χ0n) is 15.9. The Kier molecular flexibility index (Phi) is 5.74. The van der Waals surface area contributed by atoms with E-state index in [1.165, 1.54) is 7.11 Å². The summed E-state index contributed by atoms with van der Waals surface area (Å²) in [7, 11) is 4.74. The number of carbonyl (C=O) groups is 1. The van der Waals surface area contributed by atoms with E-state index in [4.69, 9.17) is 14.2 Å². The van der Waals surface area contributed by atoms with Crippen molar-refractivity contribution in [2.45, 2.75) is 31.8 Å². The normalized spacial score (nSPS) is 16.5. The molecule has 1 aliphatic heterocycles. The molecule has 1 atom stereocenters. The Balaban J connectivity index is 1.76. The molecule has 144 valence electrons. The first-order valence-electron chi connectivity index (χ1n) is 8.92. The molecule has 0 aliphatic carbocycles. The zero-order valence-corrected chi connectivity index (χ0v) is 15.9. The van der Waals surface area contributed by atoms with Crippen LogP contribution in [0.5, 0.6) is 23.0 Å². The second-order valence-electron chi connectivity index (χ2n) is 6.61. The van der Waals surface area contributed by atoms with Gasteiger partial charge in [0.25, 0.3) is 0 Å². The van der Waals surface area contributed by atoms with E-state index in [9.17, 15) is 9.90 Å². The molecule has 6 nitrogen and oxygen atoms in total. The largest absolute Gasteiger partial charge is 0.504 e. The van der Waals surface area contributed by atoms with Crippen molar-refractivity contribution in [3.8, 4) is 23.0 Å². The molecule has 2 aromatic rings. The smallest absolute Gasteiger partial charge is 0.223 e. The lowest BCUT2D eigenvalue weighted by Crippen LogP contribution is -2.33. The van der Waals surface area contributed by atoms with Crippen molar-refractivity contribution >= 4 is 5.91 Å². The predicted octanol–water partition coefficient (Wildman–Crippen LogP) is 3.15. The van der Waals surface area contributed by atoms with Crippen LogP contribution in [0.3, 0.4) is 0 Å². The number of rotatable bonds is 7. The highest BCUT2D eigenvalue weighted by Gasteiger charge is 2.31. The summed E-state index contributed by atoms with van der Waals surface area (Å²) in [5.41, 5.74) is 2.03. The number of likely N-dealkylation sites (tertiary alicyclic amines) is 1. The average Bonchev–Trinajstić information content (AvgIpc) is 3.02. The van der Waals surface area contributed by atoms with Gasteiger partial charge in [-0.3, -0.25) is 4.79 Å². The number of hydrogen-bond acceptors (Lipinski definition) is 5. The van der Waals surface area contributed by atoms with Crippen LogP contribution in [0.1, 0.15) is 24.0 Å². The monoisotopic (exact) mass is 371 g/mol. The maximum absolute atomic E-state index is 12.4. The van der Waals surface area contributed by atoms with E-state index >= 15 is 0 Å². The summed E-state index contributed by atoms with van der Waals surface area (Å²) in [6, 6.07) is 11.2. The fraction of sp³-hybridized carbons (Fsp3) is 0.381. The first-order chi connectivity index (χ1) is 13.0. The highest BCUT2D eigenvalue weighted by Crippen LogP contribution is 2.32. The molecule has 6 heteroatoms. The third kappa shape index (κ3) is 4.10. The van der Waals surface area contributed by atoms with E-state index in [0.29, 0.717) is 30.2 Å². The molecule has 1 fully saturated rings. The second-order valence-corrected chi connectivity index (χ2v) is 6.61. The molecule has 0 aromatic heterocycles. The molecule has 0 bridgehead atoms. The van der Waals surface area contributed by atoms with Gasteiger partial charge < -0.3 is 24.2 Å². The number of benzene rings is 2. The third-order valence-corrected chi connectivity index (χ3v) is 4.97. The van der Waals surface area contributed by atoms with Crippen LogP contribution >= 0.6 is 0 Å². The van der Waals surface area contributed by atoms with Crippen molar-refractivity contribution in [3.63, 3.8) is 0 Å². The summed E-state index contributed by atoms with van der Waals surface area (Å²) in [5.74, 6) is 2.03. The van der Waals surface area contributed by atoms with Crippen molar-refractivity contribution in [3.05, 3.63) is 47.5 Å².